The van der Waals surface area contributed by atoms with Crippen LogP contribution >= 0.6 is 23.2 Å². The Bertz CT molecular complexity index is 743. The Labute approximate surface area is 125 Å². The Kier molecular flexibility index (Phi) is 4.08. The summed E-state index contributed by atoms with van der Waals surface area (Å²) in [4.78, 5) is -0.207. The number of nitrogens with one attached hydrogen (secondary N) is 1. The first-order valence-corrected chi connectivity index (χ1v) is 7.56. The number of sulfonamides is 1. The summed E-state index contributed by atoms with van der Waals surface area (Å²) >= 11 is 11.6. The van der Waals surface area contributed by atoms with Crippen molar-refractivity contribution in [2.45, 2.75) is 4.90 Å². The molecule has 0 saturated heterocycles. The second-order valence-electron chi connectivity index (χ2n) is 3.92. The Morgan fingerprint density at radius 2 is 1.70 bits per heavy atom. The average Bonchev–Trinajstić information content (AvgIpc) is 2.35. The zero-order chi connectivity index (χ0) is 14.9. The van der Waals surface area contributed by atoms with E-state index in [-0.39, 0.29) is 26.3 Å². The summed E-state index contributed by atoms with van der Waals surface area (Å²) in [6, 6.07) is 7.26. The van der Waals surface area contributed by atoms with Crippen LogP contribution < -0.4 is 10.5 Å². The minimum Gasteiger partial charge on any atom is -0.396 e. The lowest BCUT2D eigenvalue weighted by Crippen LogP contribution is -2.13. The number of hydrogen-bond donors (Lipinski definition) is 2. The van der Waals surface area contributed by atoms with Gasteiger partial charge in [0.25, 0.3) is 10.0 Å². The third-order valence-corrected chi connectivity index (χ3v) is 4.44. The number of nitrogens with two attached hydrogens (primary N) is 1. The Balaban J connectivity index is 2.38. The molecule has 0 amide bonds. The molecule has 2 aromatic rings. The second-order valence-corrected chi connectivity index (χ2v) is 6.41. The second kappa shape index (κ2) is 5.47. The van der Waals surface area contributed by atoms with Gasteiger partial charge in [0.1, 0.15) is 5.82 Å². The largest absolute Gasteiger partial charge is 0.396 e. The van der Waals surface area contributed by atoms with Gasteiger partial charge in [-0.05, 0) is 30.3 Å². The lowest BCUT2D eigenvalue weighted by Gasteiger charge is -2.10. The van der Waals surface area contributed by atoms with Crippen LogP contribution in [-0.4, -0.2) is 8.42 Å². The van der Waals surface area contributed by atoms with Gasteiger partial charge >= 0.3 is 0 Å². The smallest absolute Gasteiger partial charge is 0.261 e. The summed E-state index contributed by atoms with van der Waals surface area (Å²) in [5.74, 6) is -0.652. The molecule has 8 heteroatoms. The predicted octanol–water partition coefficient (Wildman–Crippen LogP) is 3.52. The average molecular weight is 335 g/mol. The molecular weight excluding hydrogens is 326 g/mol. The van der Waals surface area contributed by atoms with Crippen LogP contribution in [0, 0.1) is 5.82 Å². The summed E-state index contributed by atoms with van der Waals surface area (Å²) < 4.78 is 39.5. The molecule has 3 N–H and O–H groups in total. The fourth-order valence-electron chi connectivity index (χ4n) is 1.49. The fraction of sp³-hybridized carbons (Fsp3) is 0. The van der Waals surface area contributed by atoms with Crippen molar-refractivity contribution in [3.8, 4) is 0 Å². The first-order chi connectivity index (χ1) is 9.29. The van der Waals surface area contributed by atoms with E-state index in [1.54, 1.807) is 0 Å². The van der Waals surface area contributed by atoms with E-state index < -0.39 is 15.8 Å². The van der Waals surface area contributed by atoms with Gasteiger partial charge in [0.05, 0.1) is 26.3 Å². The van der Waals surface area contributed by atoms with Gasteiger partial charge in [-0.1, -0.05) is 29.3 Å². The van der Waals surface area contributed by atoms with Crippen LogP contribution in [-0.2, 0) is 10.0 Å². The number of rotatable bonds is 3. The van der Waals surface area contributed by atoms with Gasteiger partial charge in [0.15, 0.2) is 0 Å². The summed E-state index contributed by atoms with van der Waals surface area (Å²) in [5.41, 5.74) is 5.85. The van der Waals surface area contributed by atoms with Crippen LogP contribution in [0.2, 0.25) is 10.0 Å². The highest BCUT2D eigenvalue weighted by atomic mass is 35.5. The Hall–Kier alpha value is -1.50. The van der Waals surface area contributed by atoms with E-state index in [2.05, 4.69) is 4.72 Å². The Morgan fingerprint density at radius 3 is 2.25 bits per heavy atom. The van der Waals surface area contributed by atoms with Gasteiger partial charge in [0.2, 0.25) is 0 Å². The molecule has 20 heavy (non-hydrogen) atoms. The van der Waals surface area contributed by atoms with Crippen molar-refractivity contribution in [1.82, 2.24) is 0 Å². The molecule has 0 radical (unpaired) electrons. The van der Waals surface area contributed by atoms with E-state index >= 15 is 0 Å². The quantitative estimate of drug-likeness (QED) is 0.843. The fourth-order valence-corrected chi connectivity index (χ4v) is 3.05. The molecule has 0 aliphatic carbocycles. The highest BCUT2D eigenvalue weighted by molar-refractivity contribution is 7.92. The molecule has 0 heterocycles. The van der Waals surface area contributed by atoms with E-state index in [9.17, 15) is 12.8 Å². The zero-order valence-corrected chi connectivity index (χ0v) is 12.2. The third kappa shape index (κ3) is 3.15. The van der Waals surface area contributed by atoms with Gasteiger partial charge < -0.3 is 5.73 Å². The molecule has 4 nitrogen and oxygen atoms in total. The van der Waals surface area contributed by atoms with E-state index in [0.717, 1.165) is 12.1 Å². The van der Waals surface area contributed by atoms with Gasteiger partial charge in [-0.3, -0.25) is 4.72 Å². The summed E-state index contributed by atoms with van der Waals surface area (Å²) in [6.07, 6.45) is 0. The van der Waals surface area contributed by atoms with Crippen molar-refractivity contribution in [2.24, 2.45) is 0 Å². The van der Waals surface area contributed by atoms with Crippen LogP contribution in [0.4, 0.5) is 15.8 Å². The number of halogens is 3. The molecule has 0 unspecified atom stereocenters. The Morgan fingerprint density at radius 1 is 1.10 bits per heavy atom. The SMILES string of the molecule is Nc1c(Cl)cc(NS(=O)(=O)c2cccc(F)c2)cc1Cl. The maximum atomic E-state index is 13.1. The maximum Gasteiger partial charge on any atom is 0.261 e. The van der Waals surface area contributed by atoms with Gasteiger partial charge in [-0.15, -0.1) is 0 Å². The molecule has 0 aliphatic rings. The van der Waals surface area contributed by atoms with Crippen LogP contribution in [0.1, 0.15) is 0 Å². The molecule has 0 spiro atoms. The molecule has 0 aliphatic heterocycles. The summed E-state index contributed by atoms with van der Waals surface area (Å²) in [7, 11) is -3.93. The van der Waals surface area contributed by atoms with E-state index in [1.807, 2.05) is 0 Å². The third-order valence-electron chi connectivity index (χ3n) is 2.44. The van der Waals surface area contributed by atoms with Crippen LogP contribution in [0.3, 0.4) is 0 Å². The topological polar surface area (TPSA) is 72.2 Å². The first kappa shape index (κ1) is 14.9. The van der Waals surface area contributed by atoms with E-state index in [4.69, 9.17) is 28.9 Å². The highest BCUT2D eigenvalue weighted by Gasteiger charge is 2.16. The van der Waals surface area contributed by atoms with Crippen molar-refractivity contribution in [2.75, 3.05) is 10.5 Å². The van der Waals surface area contributed by atoms with Crippen LogP contribution in [0.15, 0.2) is 41.3 Å². The minimum atomic E-state index is -3.93. The highest BCUT2D eigenvalue weighted by Crippen LogP contribution is 2.32. The summed E-state index contributed by atoms with van der Waals surface area (Å²) in [6.45, 7) is 0. The monoisotopic (exact) mass is 334 g/mol. The number of benzene rings is 2. The molecule has 0 fully saturated rings. The van der Waals surface area contributed by atoms with Gasteiger partial charge in [-0.2, -0.15) is 0 Å². The minimum absolute atomic E-state index is 0.120. The lowest BCUT2D eigenvalue weighted by molar-refractivity contribution is 0.595. The molecule has 2 rings (SSSR count). The molecule has 0 bridgehead atoms. The van der Waals surface area contributed by atoms with Gasteiger partial charge in [-0.25, -0.2) is 12.8 Å². The van der Waals surface area contributed by atoms with Gasteiger partial charge in [0, 0.05) is 0 Å². The zero-order valence-electron chi connectivity index (χ0n) is 9.90. The molecular formula is C12H9Cl2FN2O2S. The molecule has 106 valence electrons. The summed E-state index contributed by atoms with van der Waals surface area (Å²) in [5, 5.41) is 0.240. The molecule has 0 saturated carbocycles. The van der Waals surface area contributed by atoms with E-state index in [1.165, 1.54) is 24.3 Å². The van der Waals surface area contributed by atoms with Crippen molar-refractivity contribution < 1.29 is 12.8 Å². The molecule has 0 aromatic heterocycles. The predicted molar refractivity (Wildman–Crippen MR) is 78.1 cm³/mol. The normalized spacial score (nSPS) is 11.3. The van der Waals surface area contributed by atoms with Crippen molar-refractivity contribution in [1.29, 1.82) is 0 Å². The number of hydrogen-bond acceptors (Lipinski definition) is 3. The number of nitrogen functional groups attached to an aromatic ring is 1. The van der Waals surface area contributed by atoms with Crippen LogP contribution in [0.5, 0.6) is 0 Å². The van der Waals surface area contributed by atoms with Crippen molar-refractivity contribution >= 4 is 44.6 Å². The van der Waals surface area contributed by atoms with Crippen molar-refractivity contribution in [3.05, 3.63) is 52.3 Å². The van der Waals surface area contributed by atoms with Crippen LogP contribution in [0.25, 0.3) is 0 Å². The van der Waals surface area contributed by atoms with Crippen molar-refractivity contribution in [3.63, 3.8) is 0 Å². The standard InChI is InChI=1S/C12H9Cl2FN2O2S/c13-10-5-8(6-11(14)12(10)16)17-20(18,19)9-3-1-2-7(15)4-9/h1-6,17H,16H2. The molecule has 2 aromatic carbocycles. The number of anilines is 2. The van der Waals surface area contributed by atoms with E-state index in [0.29, 0.717) is 0 Å². The lowest BCUT2D eigenvalue weighted by atomic mass is 10.3. The maximum absolute atomic E-state index is 13.1. The first-order valence-electron chi connectivity index (χ1n) is 5.32. The molecule has 0 atom stereocenters.